The number of esters is 1. The molecule has 0 saturated heterocycles. The molecule has 0 fully saturated rings. The Hall–Kier alpha value is -3.16. The summed E-state index contributed by atoms with van der Waals surface area (Å²) >= 11 is 0. The third kappa shape index (κ3) is 3.30. The van der Waals surface area contributed by atoms with E-state index in [2.05, 4.69) is 10.4 Å². The van der Waals surface area contributed by atoms with Crippen molar-refractivity contribution in [3.8, 4) is 0 Å². The molecule has 1 amide bonds. The van der Waals surface area contributed by atoms with Crippen LogP contribution in [-0.2, 0) is 20.9 Å². The van der Waals surface area contributed by atoms with E-state index < -0.39 is 11.9 Å². The maximum atomic E-state index is 12.2. The fourth-order valence-corrected chi connectivity index (χ4v) is 3.20. The molecule has 1 aromatic heterocycles. The largest absolute Gasteiger partial charge is 0.478 e. The maximum absolute atomic E-state index is 12.2. The quantitative estimate of drug-likeness (QED) is 0.791. The summed E-state index contributed by atoms with van der Waals surface area (Å²) in [5, 5.41) is 16.2. The van der Waals surface area contributed by atoms with E-state index in [-0.39, 0.29) is 37.0 Å². The van der Waals surface area contributed by atoms with Crippen molar-refractivity contribution in [1.82, 2.24) is 9.78 Å². The topological polar surface area (TPSA) is 111 Å². The van der Waals surface area contributed by atoms with Gasteiger partial charge in [-0.05, 0) is 31.5 Å². The maximum Gasteiger partial charge on any atom is 0.335 e. The number of fused-ring (bicyclic) bond motifs is 1. The minimum absolute atomic E-state index is 0.0883. The molecule has 8 heteroatoms. The summed E-state index contributed by atoms with van der Waals surface area (Å²) in [5.41, 5.74) is 2.54. The zero-order valence-corrected chi connectivity index (χ0v) is 14.5. The van der Waals surface area contributed by atoms with Crippen molar-refractivity contribution in [2.45, 2.75) is 32.7 Å². The molecule has 0 radical (unpaired) electrons. The number of carboxylic acid groups (broad SMARTS) is 1. The number of carboxylic acids is 1. The van der Waals surface area contributed by atoms with Crippen LogP contribution in [-0.4, -0.2) is 39.3 Å². The molecule has 2 N–H and O–H groups in total. The number of benzene rings is 1. The smallest absolute Gasteiger partial charge is 0.335 e. The number of hydrogen-bond donors (Lipinski definition) is 2. The van der Waals surface area contributed by atoms with Gasteiger partial charge in [0.1, 0.15) is 12.4 Å². The first-order valence-corrected chi connectivity index (χ1v) is 8.26. The van der Waals surface area contributed by atoms with Crippen molar-refractivity contribution in [3.05, 3.63) is 46.6 Å². The minimum atomic E-state index is -1.00. The van der Waals surface area contributed by atoms with Crippen molar-refractivity contribution < 1.29 is 24.2 Å². The summed E-state index contributed by atoms with van der Waals surface area (Å²) in [5.74, 6) is -1.39. The number of nitrogens with zero attached hydrogens (tertiary/aromatic N) is 2. The van der Waals surface area contributed by atoms with E-state index in [1.807, 2.05) is 6.92 Å². The molecule has 1 aliphatic rings. The van der Waals surface area contributed by atoms with E-state index in [1.165, 1.54) is 16.8 Å². The van der Waals surface area contributed by atoms with E-state index in [0.29, 0.717) is 11.5 Å². The van der Waals surface area contributed by atoms with E-state index in [0.717, 1.165) is 11.1 Å². The average molecular weight is 357 g/mol. The number of carbonyl (C=O) groups excluding carboxylic acids is 2. The molecule has 8 nitrogen and oxygen atoms in total. The fraction of sp³-hybridized carbons (Fsp3) is 0.333. The van der Waals surface area contributed by atoms with Crippen molar-refractivity contribution in [3.63, 3.8) is 0 Å². The van der Waals surface area contributed by atoms with Gasteiger partial charge in [0, 0.05) is 17.9 Å². The van der Waals surface area contributed by atoms with Crippen LogP contribution in [0.5, 0.6) is 0 Å². The number of ether oxygens (including phenoxy) is 1. The van der Waals surface area contributed by atoms with Gasteiger partial charge in [-0.2, -0.15) is 5.10 Å². The number of aromatic carboxylic acids is 1. The molecule has 136 valence electrons. The van der Waals surface area contributed by atoms with Gasteiger partial charge in [-0.15, -0.1) is 0 Å². The molecule has 1 atom stereocenters. The van der Waals surface area contributed by atoms with Gasteiger partial charge in [0.15, 0.2) is 0 Å². The molecule has 2 heterocycles. The molecule has 0 aliphatic carbocycles. The highest BCUT2D eigenvalue weighted by atomic mass is 16.5. The zero-order chi connectivity index (χ0) is 18.8. The Morgan fingerprint density at radius 1 is 1.35 bits per heavy atom. The van der Waals surface area contributed by atoms with E-state index in [1.54, 1.807) is 19.1 Å². The third-order valence-electron chi connectivity index (χ3n) is 4.31. The monoisotopic (exact) mass is 357 g/mol. The first kappa shape index (κ1) is 17.7. The number of amides is 1. The molecule has 0 unspecified atom stereocenters. The number of aromatic nitrogens is 2. The van der Waals surface area contributed by atoms with Gasteiger partial charge in [-0.25, -0.2) is 9.48 Å². The number of aryl methyl sites for hydroxylation is 1. The Kier molecular flexibility index (Phi) is 4.75. The molecule has 0 spiro atoms. The number of nitrogens with one attached hydrogen (secondary N) is 1. The Morgan fingerprint density at radius 2 is 2.04 bits per heavy atom. The Labute approximate surface area is 149 Å². The molecule has 2 aromatic rings. The van der Waals surface area contributed by atoms with Gasteiger partial charge < -0.3 is 15.2 Å². The second-order valence-electron chi connectivity index (χ2n) is 6.04. The lowest BCUT2D eigenvalue weighted by Gasteiger charge is -2.24. The number of hydrogen-bond acceptors (Lipinski definition) is 5. The summed E-state index contributed by atoms with van der Waals surface area (Å²) in [6.07, 6.45) is 0.228. The molecular weight excluding hydrogens is 338 g/mol. The standard InChI is InChI=1S/C18H19N3O5/c1-3-26-15(23)9-21-17-16(10(2)20-21)13(8-14(22)19-17)11-4-6-12(7-5-11)18(24)25/h4-7,13H,3,8-9H2,1-2H3,(H,19,22)(H,24,25)/t13-/m0/s1. The molecule has 26 heavy (non-hydrogen) atoms. The van der Waals surface area contributed by atoms with Crippen molar-refractivity contribution >= 4 is 23.7 Å². The van der Waals surface area contributed by atoms with Crippen LogP contribution < -0.4 is 5.32 Å². The Morgan fingerprint density at radius 3 is 2.65 bits per heavy atom. The van der Waals surface area contributed by atoms with Gasteiger partial charge in [0.25, 0.3) is 0 Å². The highest BCUT2D eigenvalue weighted by Gasteiger charge is 2.32. The van der Waals surface area contributed by atoms with Crippen molar-refractivity contribution in [2.75, 3.05) is 11.9 Å². The number of rotatable bonds is 5. The summed E-state index contributed by atoms with van der Waals surface area (Å²) < 4.78 is 6.39. The summed E-state index contributed by atoms with van der Waals surface area (Å²) in [4.78, 5) is 35.0. The van der Waals surface area contributed by atoms with Gasteiger partial charge in [-0.1, -0.05) is 12.1 Å². The van der Waals surface area contributed by atoms with Gasteiger partial charge in [-0.3, -0.25) is 9.59 Å². The van der Waals surface area contributed by atoms with Gasteiger partial charge in [0.2, 0.25) is 5.91 Å². The summed E-state index contributed by atoms with van der Waals surface area (Å²) in [7, 11) is 0. The molecule has 3 rings (SSSR count). The lowest BCUT2D eigenvalue weighted by atomic mass is 9.85. The van der Waals surface area contributed by atoms with E-state index in [9.17, 15) is 14.4 Å². The van der Waals surface area contributed by atoms with Crippen molar-refractivity contribution in [2.24, 2.45) is 0 Å². The van der Waals surface area contributed by atoms with E-state index >= 15 is 0 Å². The first-order chi connectivity index (χ1) is 12.4. The highest BCUT2D eigenvalue weighted by molar-refractivity contribution is 5.95. The first-order valence-electron chi connectivity index (χ1n) is 8.26. The van der Waals surface area contributed by atoms with Crippen LogP contribution in [0.3, 0.4) is 0 Å². The van der Waals surface area contributed by atoms with Crippen LogP contribution in [0, 0.1) is 6.92 Å². The molecule has 0 bridgehead atoms. The fourth-order valence-electron chi connectivity index (χ4n) is 3.20. The van der Waals surface area contributed by atoms with E-state index in [4.69, 9.17) is 9.84 Å². The molecule has 1 aromatic carbocycles. The zero-order valence-electron chi connectivity index (χ0n) is 14.5. The normalized spacial score (nSPS) is 15.9. The van der Waals surface area contributed by atoms with Gasteiger partial charge in [0.05, 0.1) is 17.9 Å². The van der Waals surface area contributed by atoms with Crippen LogP contribution in [0.1, 0.15) is 46.4 Å². The third-order valence-corrected chi connectivity index (χ3v) is 4.31. The minimum Gasteiger partial charge on any atom is -0.478 e. The molecular formula is C18H19N3O5. The number of anilines is 1. The Bertz CT molecular complexity index is 870. The van der Waals surface area contributed by atoms with Crippen LogP contribution in [0.2, 0.25) is 0 Å². The van der Waals surface area contributed by atoms with Crippen LogP contribution >= 0.6 is 0 Å². The van der Waals surface area contributed by atoms with Crippen LogP contribution in [0.25, 0.3) is 0 Å². The van der Waals surface area contributed by atoms with Crippen LogP contribution in [0.4, 0.5) is 5.82 Å². The lowest BCUT2D eigenvalue weighted by molar-refractivity contribution is -0.144. The second-order valence-corrected chi connectivity index (χ2v) is 6.04. The molecule has 0 saturated carbocycles. The van der Waals surface area contributed by atoms with Crippen LogP contribution in [0.15, 0.2) is 24.3 Å². The summed E-state index contributed by atoms with van der Waals surface area (Å²) in [6.45, 7) is 3.72. The lowest BCUT2D eigenvalue weighted by Crippen LogP contribution is -2.26. The Balaban J connectivity index is 1.98. The number of carbonyl (C=O) groups is 3. The highest BCUT2D eigenvalue weighted by Crippen LogP contribution is 2.39. The average Bonchev–Trinajstić information content (AvgIpc) is 2.90. The van der Waals surface area contributed by atoms with Gasteiger partial charge >= 0.3 is 11.9 Å². The second kappa shape index (κ2) is 6.99. The predicted molar refractivity (Wildman–Crippen MR) is 92.1 cm³/mol. The predicted octanol–water partition coefficient (Wildman–Crippen LogP) is 1.93. The summed E-state index contributed by atoms with van der Waals surface area (Å²) in [6, 6.07) is 6.45. The van der Waals surface area contributed by atoms with Crippen molar-refractivity contribution in [1.29, 1.82) is 0 Å². The SMILES string of the molecule is CCOC(=O)Cn1nc(C)c2c1NC(=O)C[C@H]2c1ccc(C(=O)O)cc1. The molecule has 1 aliphatic heterocycles.